The van der Waals surface area contributed by atoms with Crippen molar-refractivity contribution in [1.82, 2.24) is 4.72 Å². The summed E-state index contributed by atoms with van der Waals surface area (Å²) in [4.78, 5) is 0. The lowest BCUT2D eigenvalue weighted by molar-refractivity contribution is 0.300. The van der Waals surface area contributed by atoms with Crippen LogP contribution >= 0.6 is 0 Å². The van der Waals surface area contributed by atoms with E-state index in [-0.39, 0.29) is 16.6 Å². The first-order valence-corrected chi connectivity index (χ1v) is 9.02. The van der Waals surface area contributed by atoms with Gasteiger partial charge in [-0.05, 0) is 57.7 Å². The highest BCUT2D eigenvalue weighted by Crippen LogP contribution is 2.32. The Hall–Kier alpha value is -0.780. The quantitative estimate of drug-likeness (QED) is 0.766. The highest BCUT2D eigenvalue weighted by Gasteiger charge is 2.28. The van der Waals surface area contributed by atoms with Gasteiger partial charge in [0.2, 0.25) is 0 Å². The first kappa shape index (κ1) is 17.6. The lowest BCUT2D eigenvalue weighted by Crippen LogP contribution is -2.40. The second-order valence-electron chi connectivity index (χ2n) is 7.02. The zero-order chi connectivity index (χ0) is 16.3. The summed E-state index contributed by atoms with van der Waals surface area (Å²) in [5, 5.41) is 0. The third-order valence-electron chi connectivity index (χ3n) is 3.73. The summed E-state index contributed by atoms with van der Waals surface area (Å²) in [7, 11) is 0. The van der Waals surface area contributed by atoms with E-state index in [4.69, 9.17) is 4.74 Å². The van der Waals surface area contributed by atoms with Gasteiger partial charge < -0.3 is 9.29 Å². The molecule has 1 aromatic rings. The Kier molecular flexibility index (Phi) is 5.75. The Morgan fingerprint density at radius 2 is 2.05 bits per heavy atom. The van der Waals surface area contributed by atoms with Crippen LogP contribution in [0.3, 0.4) is 0 Å². The van der Waals surface area contributed by atoms with E-state index in [1.165, 1.54) is 25.0 Å². The number of benzene rings is 1. The second-order valence-corrected chi connectivity index (χ2v) is 9.02. The highest BCUT2D eigenvalue weighted by molar-refractivity contribution is 7.90. The molecule has 1 aliphatic rings. The zero-order valence-corrected chi connectivity index (χ0v) is 14.6. The molecule has 1 aromatic carbocycles. The van der Waals surface area contributed by atoms with Crippen molar-refractivity contribution in [2.45, 2.75) is 57.7 Å². The van der Waals surface area contributed by atoms with Crippen molar-refractivity contribution in [2.75, 3.05) is 6.61 Å². The minimum atomic E-state index is -1.20. The Morgan fingerprint density at radius 3 is 2.64 bits per heavy atom. The standard InChI is InChI=1S/C17H26FNO2S/c1-12(19-22(20)17(2,3)4)14-9-15(18)11-16(10-14)21-8-7-13-5-6-13/h9-13,19H,5-8H2,1-4H3/t12-,22?/m0/s1. The monoisotopic (exact) mass is 327 g/mol. The molecule has 3 nitrogen and oxygen atoms in total. The van der Waals surface area contributed by atoms with Gasteiger partial charge in [0.25, 0.3) is 0 Å². The third kappa shape index (κ3) is 5.45. The predicted molar refractivity (Wildman–Crippen MR) is 88.7 cm³/mol. The molecule has 0 bridgehead atoms. The van der Waals surface area contributed by atoms with Gasteiger partial charge in [-0.2, -0.15) is 0 Å². The van der Waals surface area contributed by atoms with Gasteiger partial charge in [0.1, 0.15) is 16.3 Å². The summed E-state index contributed by atoms with van der Waals surface area (Å²) in [6.45, 7) is 8.22. The molecule has 0 saturated heterocycles. The number of halogens is 1. The molecule has 1 unspecified atom stereocenters. The molecule has 2 rings (SSSR count). The van der Waals surface area contributed by atoms with Crippen LogP contribution in [0.25, 0.3) is 0 Å². The molecular weight excluding hydrogens is 301 g/mol. The first-order chi connectivity index (χ1) is 10.3. The zero-order valence-electron chi connectivity index (χ0n) is 13.8. The lowest BCUT2D eigenvalue weighted by atomic mass is 10.1. The topological polar surface area (TPSA) is 44.3 Å². The number of hydrogen-bond donors (Lipinski definition) is 1. The Labute approximate surface area is 135 Å². The van der Waals surface area contributed by atoms with Gasteiger partial charge in [0, 0.05) is 17.4 Å². The van der Waals surface area contributed by atoms with Gasteiger partial charge in [-0.25, -0.2) is 4.39 Å². The van der Waals surface area contributed by atoms with Gasteiger partial charge in [-0.3, -0.25) is 0 Å². The predicted octanol–water partition coefficient (Wildman–Crippen LogP) is 4.12. The molecule has 1 saturated carbocycles. The van der Waals surface area contributed by atoms with E-state index in [9.17, 15) is 8.94 Å². The fourth-order valence-electron chi connectivity index (χ4n) is 2.07. The van der Waals surface area contributed by atoms with E-state index in [1.54, 1.807) is 0 Å². The van der Waals surface area contributed by atoms with Crippen molar-refractivity contribution in [2.24, 2.45) is 5.92 Å². The van der Waals surface area contributed by atoms with Crippen molar-refractivity contribution in [3.8, 4) is 5.75 Å². The van der Waals surface area contributed by atoms with Gasteiger partial charge in [0.05, 0.1) is 12.6 Å². The Bertz CT molecular complexity index is 500. The van der Waals surface area contributed by atoms with E-state index in [1.807, 2.05) is 33.8 Å². The van der Waals surface area contributed by atoms with Crippen LogP contribution in [-0.4, -0.2) is 15.9 Å². The van der Waals surface area contributed by atoms with Crippen LogP contribution in [-0.2, 0) is 11.4 Å². The van der Waals surface area contributed by atoms with Crippen molar-refractivity contribution < 1.29 is 13.7 Å². The third-order valence-corrected chi connectivity index (χ3v) is 5.41. The molecule has 1 fully saturated rings. The average Bonchev–Trinajstić information content (AvgIpc) is 3.21. The van der Waals surface area contributed by atoms with Gasteiger partial charge in [0.15, 0.2) is 0 Å². The van der Waals surface area contributed by atoms with Crippen molar-refractivity contribution >= 4 is 11.4 Å². The second kappa shape index (κ2) is 7.20. The summed E-state index contributed by atoms with van der Waals surface area (Å²) in [5.41, 5.74) is 0.749. The summed E-state index contributed by atoms with van der Waals surface area (Å²) in [6, 6.07) is 4.49. The summed E-state index contributed by atoms with van der Waals surface area (Å²) >= 11 is -1.20. The van der Waals surface area contributed by atoms with E-state index >= 15 is 0 Å². The van der Waals surface area contributed by atoms with Crippen LogP contribution in [0.15, 0.2) is 18.2 Å². The highest BCUT2D eigenvalue weighted by atomic mass is 32.2. The maximum atomic E-state index is 13.8. The molecule has 0 aliphatic heterocycles. The van der Waals surface area contributed by atoms with E-state index in [0.29, 0.717) is 12.4 Å². The van der Waals surface area contributed by atoms with Gasteiger partial charge in [-0.1, -0.05) is 12.8 Å². The minimum Gasteiger partial charge on any atom is -0.598 e. The normalized spacial score (nSPS) is 18.1. The van der Waals surface area contributed by atoms with Crippen molar-refractivity contribution in [3.63, 3.8) is 0 Å². The molecule has 0 heterocycles. The molecule has 1 N–H and O–H groups in total. The van der Waals surface area contributed by atoms with Crippen LogP contribution in [0.1, 0.15) is 58.6 Å². The van der Waals surface area contributed by atoms with Crippen LogP contribution in [0, 0.1) is 11.7 Å². The molecule has 124 valence electrons. The first-order valence-electron chi connectivity index (χ1n) is 7.87. The SMILES string of the molecule is C[C@H](N[S+]([O-])C(C)(C)C)c1cc(F)cc(OCCC2CC2)c1. The van der Waals surface area contributed by atoms with Crippen LogP contribution in [0.5, 0.6) is 5.75 Å². The molecule has 0 radical (unpaired) electrons. The fourth-order valence-corrected chi connectivity index (χ4v) is 2.88. The van der Waals surface area contributed by atoms with Crippen molar-refractivity contribution in [3.05, 3.63) is 29.6 Å². The largest absolute Gasteiger partial charge is 0.598 e. The maximum Gasteiger partial charge on any atom is 0.136 e. The van der Waals surface area contributed by atoms with E-state index in [0.717, 1.165) is 17.9 Å². The van der Waals surface area contributed by atoms with Gasteiger partial charge in [-0.15, -0.1) is 4.72 Å². The fraction of sp³-hybridized carbons (Fsp3) is 0.647. The van der Waals surface area contributed by atoms with Crippen LogP contribution in [0.4, 0.5) is 4.39 Å². The average molecular weight is 327 g/mol. The van der Waals surface area contributed by atoms with Gasteiger partial charge >= 0.3 is 0 Å². The van der Waals surface area contributed by atoms with Crippen LogP contribution < -0.4 is 9.46 Å². The maximum absolute atomic E-state index is 13.8. The number of hydrogen-bond acceptors (Lipinski definition) is 3. The Morgan fingerprint density at radius 1 is 1.36 bits per heavy atom. The number of rotatable bonds is 7. The summed E-state index contributed by atoms with van der Waals surface area (Å²) < 4.78 is 34.2. The lowest BCUT2D eigenvalue weighted by Gasteiger charge is -2.26. The van der Waals surface area contributed by atoms with E-state index in [2.05, 4.69) is 4.72 Å². The van der Waals surface area contributed by atoms with Crippen molar-refractivity contribution in [1.29, 1.82) is 0 Å². The molecule has 5 heteroatoms. The summed E-state index contributed by atoms with van der Waals surface area (Å²) in [6.07, 6.45) is 3.61. The van der Waals surface area contributed by atoms with Crippen LogP contribution in [0.2, 0.25) is 0 Å². The summed E-state index contributed by atoms with van der Waals surface area (Å²) in [5.74, 6) is 1.02. The van der Waals surface area contributed by atoms with E-state index < -0.39 is 11.4 Å². The number of ether oxygens (including phenoxy) is 1. The number of nitrogens with one attached hydrogen (secondary N) is 1. The molecule has 1 aliphatic carbocycles. The minimum absolute atomic E-state index is 0.207. The molecule has 22 heavy (non-hydrogen) atoms. The molecule has 0 spiro atoms. The molecule has 0 amide bonds. The Balaban J connectivity index is 1.97. The smallest absolute Gasteiger partial charge is 0.136 e. The molecular formula is C17H26FNO2S. The molecule has 0 aromatic heterocycles. The molecule has 2 atom stereocenters.